The van der Waals surface area contributed by atoms with Crippen molar-refractivity contribution in [3.8, 4) is 5.75 Å². The molecule has 29 heavy (non-hydrogen) atoms. The topological polar surface area (TPSA) is 74.6 Å². The monoisotopic (exact) mass is 390 g/mol. The van der Waals surface area contributed by atoms with Gasteiger partial charge in [-0.15, -0.1) is 0 Å². The van der Waals surface area contributed by atoms with Crippen molar-refractivity contribution in [3.63, 3.8) is 0 Å². The molecule has 3 heterocycles. The molecule has 5 rings (SSSR count). The first-order valence-electron chi connectivity index (χ1n) is 9.78. The van der Waals surface area contributed by atoms with Gasteiger partial charge in [0.15, 0.2) is 5.58 Å². The normalized spacial score (nSPS) is 15.1. The number of ether oxygens (including phenoxy) is 1. The zero-order chi connectivity index (χ0) is 19.8. The van der Waals surface area contributed by atoms with Crippen LogP contribution in [0.2, 0.25) is 0 Å². The van der Waals surface area contributed by atoms with E-state index in [1.165, 1.54) is 0 Å². The Balaban J connectivity index is 1.33. The standard InChI is InChI=1S/C22H22N4O3/c1-28-16-7-8-17-15(13-16)14-19(23-17)21(27)25-9-4-10-26(12-11-25)22-24-18-5-2-3-6-20(18)29-22/h2-3,5-8,13-14,23H,4,9-12H2,1H3. The fourth-order valence-electron chi connectivity index (χ4n) is 3.83. The van der Waals surface area contributed by atoms with E-state index in [9.17, 15) is 4.79 Å². The zero-order valence-corrected chi connectivity index (χ0v) is 16.2. The summed E-state index contributed by atoms with van der Waals surface area (Å²) >= 11 is 0. The van der Waals surface area contributed by atoms with Crippen LogP contribution in [0.15, 0.2) is 52.9 Å². The summed E-state index contributed by atoms with van der Waals surface area (Å²) in [4.78, 5) is 24.9. The summed E-state index contributed by atoms with van der Waals surface area (Å²) in [5.74, 6) is 0.791. The van der Waals surface area contributed by atoms with E-state index in [1.807, 2.05) is 53.4 Å². The highest BCUT2D eigenvalue weighted by molar-refractivity contribution is 5.98. The number of hydrogen-bond donors (Lipinski definition) is 1. The summed E-state index contributed by atoms with van der Waals surface area (Å²) in [6.07, 6.45) is 0.860. The second kappa shape index (κ2) is 7.16. The van der Waals surface area contributed by atoms with Gasteiger partial charge in [-0.3, -0.25) is 4.79 Å². The molecule has 1 N–H and O–H groups in total. The number of amides is 1. The van der Waals surface area contributed by atoms with E-state index in [2.05, 4.69) is 14.9 Å². The van der Waals surface area contributed by atoms with E-state index in [-0.39, 0.29) is 5.91 Å². The Morgan fingerprint density at radius 1 is 1.10 bits per heavy atom. The third-order valence-corrected chi connectivity index (χ3v) is 5.39. The molecule has 7 heteroatoms. The molecule has 0 atom stereocenters. The van der Waals surface area contributed by atoms with Gasteiger partial charge in [0, 0.05) is 37.1 Å². The molecule has 0 bridgehead atoms. The van der Waals surface area contributed by atoms with Crippen molar-refractivity contribution in [3.05, 3.63) is 54.2 Å². The smallest absolute Gasteiger partial charge is 0.298 e. The van der Waals surface area contributed by atoms with Crippen molar-refractivity contribution in [2.45, 2.75) is 6.42 Å². The average molecular weight is 390 g/mol. The van der Waals surface area contributed by atoms with Gasteiger partial charge in [-0.2, -0.15) is 4.98 Å². The minimum atomic E-state index is 0.0135. The van der Waals surface area contributed by atoms with Crippen LogP contribution in [-0.2, 0) is 0 Å². The van der Waals surface area contributed by atoms with Gasteiger partial charge in [-0.25, -0.2) is 0 Å². The van der Waals surface area contributed by atoms with Gasteiger partial charge in [-0.1, -0.05) is 12.1 Å². The Hall–Kier alpha value is -3.48. The minimum Gasteiger partial charge on any atom is -0.497 e. The Labute approximate surface area is 167 Å². The van der Waals surface area contributed by atoms with Crippen molar-refractivity contribution in [2.75, 3.05) is 38.2 Å². The maximum Gasteiger partial charge on any atom is 0.298 e. The number of carbonyl (C=O) groups excluding carboxylic acids is 1. The molecular formula is C22H22N4O3. The first-order valence-corrected chi connectivity index (χ1v) is 9.78. The molecule has 1 amide bonds. The summed E-state index contributed by atoms with van der Waals surface area (Å²) in [5.41, 5.74) is 3.17. The number of fused-ring (bicyclic) bond motifs is 2. The van der Waals surface area contributed by atoms with E-state index in [0.29, 0.717) is 31.3 Å². The number of carbonyl (C=O) groups is 1. The second-order valence-electron chi connectivity index (χ2n) is 7.23. The number of H-pyrrole nitrogens is 1. The highest BCUT2D eigenvalue weighted by atomic mass is 16.5. The van der Waals surface area contributed by atoms with Crippen LogP contribution in [0.5, 0.6) is 5.75 Å². The minimum absolute atomic E-state index is 0.0135. The Morgan fingerprint density at radius 3 is 2.86 bits per heavy atom. The van der Waals surface area contributed by atoms with Gasteiger partial charge in [0.1, 0.15) is 17.0 Å². The van der Waals surface area contributed by atoms with Crippen molar-refractivity contribution >= 4 is 33.9 Å². The van der Waals surface area contributed by atoms with Gasteiger partial charge < -0.3 is 23.9 Å². The fourth-order valence-corrected chi connectivity index (χ4v) is 3.83. The van der Waals surface area contributed by atoms with Crippen LogP contribution in [0.25, 0.3) is 22.0 Å². The number of rotatable bonds is 3. The summed E-state index contributed by atoms with van der Waals surface area (Å²) < 4.78 is 11.2. The predicted molar refractivity (Wildman–Crippen MR) is 112 cm³/mol. The molecule has 0 aliphatic carbocycles. The molecule has 4 aromatic rings. The molecule has 2 aromatic carbocycles. The Kier molecular flexibility index (Phi) is 4.35. The molecule has 0 radical (unpaired) electrons. The van der Waals surface area contributed by atoms with Gasteiger partial charge in [-0.05, 0) is 42.8 Å². The number of para-hydroxylation sites is 2. The molecule has 1 fully saturated rings. The molecule has 148 valence electrons. The third-order valence-electron chi connectivity index (χ3n) is 5.39. The number of benzene rings is 2. The highest BCUT2D eigenvalue weighted by Gasteiger charge is 2.24. The molecule has 1 aliphatic heterocycles. The molecule has 0 saturated carbocycles. The summed E-state index contributed by atoms with van der Waals surface area (Å²) in [6.45, 7) is 2.82. The first kappa shape index (κ1) is 17.6. The van der Waals surface area contributed by atoms with Gasteiger partial charge in [0.25, 0.3) is 11.9 Å². The summed E-state index contributed by atoms with van der Waals surface area (Å²) in [7, 11) is 1.64. The number of nitrogens with one attached hydrogen (secondary N) is 1. The van der Waals surface area contributed by atoms with Crippen LogP contribution in [0, 0.1) is 0 Å². The molecule has 0 unspecified atom stereocenters. The lowest BCUT2D eigenvalue weighted by atomic mass is 10.2. The predicted octanol–water partition coefficient (Wildman–Crippen LogP) is 3.67. The number of anilines is 1. The van der Waals surface area contributed by atoms with Crippen LogP contribution in [0.4, 0.5) is 6.01 Å². The maximum absolute atomic E-state index is 13.1. The third kappa shape index (κ3) is 3.29. The van der Waals surface area contributed by atoms with Gasteiger partial charge in [0.05, 0.1) is 7.11 Å². The van der Waals surface area contributed by atoms with Crippen molar-refractivity contribution in [1.82, 2.24) is 14.9 Å². The number of aromatic nitrogens is 2. The number of hydrogen-bond acceptors (Lipinski definition) is 5. The molecule has 7 nitrogen and oxygen atoms in total. The lowest BCUT2D eigenvalue weighted by Gasteiger charge is -2.20. The molecule has 1 saturated heterocycles. The molecule has 2 aromatic heterocycles. The van der Waals surface area contributed by atoms with Crippen molar-refractivity contribution in [2.24, 2.45) is 0 Å². The molecular weight excluding hydrogens is 368 g/mol. The Bertz CT molecular complexity index is 1150. The lowest BCUT2D eigenvalue weighted by Crippen LogP contribution is -2.35. The lowest BCUT2D eigenvalue weighted by molar-refractivity contribution is 0.0762. The van der Waals surface area contributed by atoms with Gasteiger partial charge >= 0.3 is 0 Å². The van der Waals surface area contributed by atoms with E-state index in [0.717, 1.165) is 40.7 Å². The SMILES string of the molecule is COc1ccc2[nH]c(C(=O)N3CCCN(c4nc5ccccc5o4)CC3)cc2c1. The van der Waals surface area contributed by atoms with Crippen LogP contribution < -0.4 is 9.64 Å². The van der Waals surface area contributed by atoms with Crippen LogP contribution in [-0.4, -0.2) is 54.1 Å². The number of oxazole rings is 1. The van der Waals surface area contributed by atoms with Crippen molar-refractivity contribution < 1.29 is 13.9 Å². The quantitative estimate of drug-likeness (QED) is 0.578. The molecule has 1 aliphatic rings. The van der Waals surface area contributed by atoms with Crippen molar-refractivity contribution in [1.29, 1.82) is 0 Å². The van der Waals surface area contributed by atoms with Crippen LogP contribution in [0.3, 0.4) is 0 Å². The van der Waals surface area contributed by atoms with E-state index in [4.69, 9.17) is 9.15 Å². The molecule has 0 spiro atoms. The number of aromatic amines is 1. The first-order chi connectivity index (χ1) is 14.2. The number of nitrogens with zero attached hydrogens (tertiary/aromatic N) is 3. The largest absolute Gasteiger partial charge is 0.497 e. The zero-order valence-electron chi connectivity index (χ0n) is 16.2. The highest BCUT2D eigenvalue weighted by Crippen LogP contribution is 2.24. The number of methoxy groups -OCH3 is 1. The summed E-state index contributed by atoms with van der Waals surface area (Å²) in [5, 5.41) is 0.968. The summed E-state index contributed by atoms with van der Waals surface area (Å²) in [6, 6.07) is 16.0. The average Bonchev–Trinajstić information content (AvgIpc) is 3.29. The van der Waals surface area contributed by atoms with E-state index < -0.39 is 0 Å². The fraction of sp³-hybridized carbons (Fsp3) is 0.273. The van der Waals surface area contributed by atoms with Crippen LogP contribution >= 0.6 is 0 Å². The van der Waals surface area contributed by atoms with E-state index in [1.54, 1.807) is 7.11 Å². The van der Waals surface area contributed by atoms with Crippen LogP contribution in [0.1, 0.15) is 16.9 Å². The van der Waals surface area contributed by atoms with E-state index >= 15 is 0 Å². The Morgan fingerprint density at radius 2 is 2.00 bits per heavy atom. The van der Waals surface area contributed by atoms with Gasteiger partial charge in [0.2, 0.25) is 0 Å². The second-order valence-corrected chi connectivity index (χ2v) is 7.23. The maximum atomic E-state index is 13.1.